The van der Waals surface area contributed by atoms with Crippen LogP contribution >= 0.6 is 23.5 Å². The number of fused-ring (bicyclic) bond motifs is 6. The average molecular weight is 509 g/mol. The second kappa shape index (κ2) is 9.55. The van der Waals surface area contributed by atoms with Crippen LogP contribution in [0.1, 0.15) is 91.9 Å². The third-order valence-electron chi connectivity index (χ3n) is 11.6. The van der Waals surface area contributed by atoms with E-state index in [0.29, 0.717) is 34.9 Å². The molecule has 4 aliphatic carbocycles. The molecule has 1 heterocycles. The van der Waals surface area contributed by atoms with Crippen molar-refractivity contribution in [2.24, 2.45) is 52.3 Å². The Labute approximate surface area is 216 Å². The Morgan fingerprint density at radius 1 is 1.06 bits per heavy atom. The number of Topliss-reactive ketones (excluding diaryl/α,β-unsaturated/α-hetero) is 1. The van der Waals surface area contributed by atoms with E-state index in [2.05, 4.69) is 51.2 Å². The molecule has 1 spiro atoms. The zero-order chi connectivity index (χ0) is 24.3. The van der Waals surface area contributed by atoms with Crippen molar-refractivity contribution in [2.45, 2.75) is 102 Å². The van der Waals surface area contributed by atoms with Crippen LogP contribution in [0.2, 0.25) is 0 Å². The van der Waals surface area contributed by atoms with Crippen LogP contribution in [0.5, 0.6) is 0 Å². The molecule has 0 amide bonds. The molecular formula is C29H48O3S2. The summed E-state index contributed by atoms with van der Waals surface area (Å²) in [6.07, 6.45) is 11.1. The van der Waals surface area contributed by atoms with Gasteiger partial charge in [0.1, 0.15) is 5.78 Å². The standard InChI is InChI=1S/C29H48O3S2/c1-18(17-30)5-8-25(32)19(2)24-16-27(3)11-10-23-22(26(27)29(24)33-13-14-34-29)7-6-20-15-21(31)9-12-28(20,23)4/h18-24,26,30-31H,5-17H2,1-4H3. The van der Waals surface area contributed by atoms with Crippen LogP contribution in [0.25, 0.3) is 0 Å². The van der Waals surface area contributed by atoms with Gasteiger partial charge in [-0.3, -0.25) is 4.79 Å². The first kappa shape index (κ1) is 25.9. The highest BCUT2D eigenvalue weighted by Gasteiger charge is 2.69. The van der Waals surface area contributed by atoms with Gasteiger partial charge in [0.2, 0.25) is 0 Å². The van der Waals surface area contributed by atoms with Crippen molar-refractivity contribution in [2.75, 3.05) is 18.1 Å². The number of hydrogen-bond acceptors (Lipinski definition) is 5. The Kier molecular flexibility index (Phi) is 7.28. The SMILES string of the molecule is CC(CO)CCC(=O)C(C)C1CC2(C)CCC3C(CCC4CC(O)CCC43C)C2C12SCCS2. The minimum atomic E-state index is -0.0768. The largest absolute Gasteiger partial charge is 0.396 e. The molecule has 1 aliphatic heterocycles. The van der Waals surface area contributed by atoms with Crippen molar-refractivity contribution < 1.29 is 15.0 Å². The summed E-state index contributed by atoms with van der Waals surface area (Å²) in [5.74, 6) is 6.74. The summed E-state index contributed by atoms with van der Waals surface area (Å²) in [6.45, 7) is 9.66. The molecule has 0 bridgehead atoms. The van der Waals surface area contributed by atoms with Crippen LogP contribution in [-0.4, -0.2) is 44.3 Å². The molecule has 34 heavy (non-hydrogen) atoms. The van der Waals surface area contributed by atoms with Crippen LogP contribution in [-0.2, 0) is 4.79 Å². The van der Waals surface area contributed by atoms with Crippen molar-refractivity contribution in [1.29, 1.82) is 0 Å². The predicted octanol–water partition coefficient (Wildman–Crippen LogP) is 6.41. The van der Waals surface area contributed by atoms with Gasteiger partial charge in [0.25, 0.3) is 0 Å². The molecule has 4 saturated carbocycles. The van der Waals surface area contributed by atoms with Crippen LogP contribution in [0.15, 0.2) is 0 Å². The average Bonchev–Trinajstić information content (AvgIpc) is 3.40. The predicted molar refractivity (Wildman–Crippen MR) is 144 cm³/mol. The van der Waals surface area contributed by atoms with Gasteiger partial charge >= 0.3 is 0 Å². The zero-order valence-corrected chi connectivity index (χ0v) is 23.6. The van der Waals surface area contributed by atoms with E-state index in [9.17, 15) is 15.0 Å². The van der Waals surface area contributed by atoms with Crippen LogP contribution in [0, 0.1) is 52.3 Å². The maximum atomic E-state index is 13.4. The maximum Gasteiger partial charge on any atom is 0.136 e. The van der Waals surface area contributed by atoms with E-state index >= 15 is 0 Å². The van der Waals surface area contributed by atoms with Gasteiger partial charge in [-0.25, -0.2) is 0 Å². The Morgan fingerprint density at radius 2 is 1.79 bits per heavy atom. The van der Waals surface area contributed by atoms with Crippen LogP contribution in [0.4, 0.5) is 0 Å². The molecule has 5 fully saturated rings. The molecule has 0 aromatic carbocycles. The normalized spacial score (nSPS) is 47.0. The lowest BCUT2D eigenvalue weighted by atomic mass is 9.45. The van der Waals surface area contributed by atoms with Crippen LogP contribution in [0.3, 0.4) is 0 Å². The highest BCUT2D eigenvalue weighted by Crippen LogP contribution is 2.76. The monoisotopic (exact) mass is 508 g/mol. The number of thioether (sulfide) groups is 2. The van der Waals surface area contributed by atoms with E-state index in [1.807, 2.05) is 0 Å². The van der Waals surface area contributed by atoms with Gasteiger partial charge in [-0.2, -0.15) is 0 Å². The third-order valence-corrected chi connectivity index (χ3v) is 15.4. The molecular weight excluding hydrogens is 460 g/mol. The summed E-state index contributed by atoms with van der Waals surface area (Å²) in [7, 11) is 0. The summed E-state index contributed by atoms with van der Waals surface area (Å²) < 4.78 is 0.215. The van der Waals surface area contributed by atoms with Gasteiger partial charge in [-0.1, -0.05) is 27.7 Å². The van der Waals surface area contributed by atoms with Gasteiger partial charge in [-0.15, -0.1) is 23.5 Å². The first-order valence-corrected chi connectivity index (χ1v) is 16.2. The maximum absolute atomic E-state index is 13.4. The number of carbonyl (C=O) groups excluding carboxylic acids is 1. The Balaban J connectivity index is 1.43. The highest BCUT2D eigenvalue weighted by atomic mass is 32.2. The molecule has 2 N–H and O–H groups in total. The van der Waals surface area contributed by atoms with Gasteiger partial charge in [-0.05, 0) is 104 Å². The van der Waals surface area contributed by atoms with E-state index < -0.39 is 0 Å². The van der Waals surface area contributed by atoms with Crippen molar-refractivity contribution >= 4 is 29.3 Å². The summed E-state index contributed by atoms with van der Waals surface area (Å²) in [4.78, 5) is 13.4. The lowest BCUT2D eigenvalue weighted by Crippen LogP contribution is -2.56. The Bertz CT molecular complexity index is 766. The minimum absolute atomic E-state index is 0.0768. The topological polar surface area (TPSA) is 57.5 Å². The fraction of sp³-hybridized carbons (Fsp3) is 0.966. The van der Waals surface area contributed by atoms with Crippen molar-refractivity contribution in [3.05, 3.63) is 0 Å². The number of ketones is 1. The summed E-state index contributed by atoms with van der Waals surface area (Å²) in [5, 5.41) is 19.8. The lowest BCUT2D eigenvalue weighted by Gasteiger charge is -2.62. The van der Waals surface area contributed by atoms with Crippen LogP contribution < -0.4 is 0 Å². The van der Waals surface area contributed by atoms with Gasteiger partial charge < -0.3 is 10.2 Å². The summed E-state index contributed by atoms with van der Waals surface area (Å²) in [5.41, 5.74) is 0.763. The number of carbonyl (C=O) groups is 1. The molecule has 1 saturated heterocycles. The van der Waals surface area contributed by atoms with E-state index in [1.165, 1.54) is 50.0 Å². The van der Waals surface area contributed by atoms with E-state index in [4.69, 9.17) is 0 Å². The van der Waals surface area contributed by atoms with E-state index in [0.717, 1.165) is 37.0 Å². The number of aliphatic hydroxyl groups is 2. The zero-order valence-electron chi connectivity index (χ0n) is 21.9. The van der Waals surface area contributed by atoms with Crippen molar-refractivity contribution in [3.8, 4) is 0 Å². The van der Waals surface area contributed by atoms with Gasteiger partial charge in [0.05, 0.1) is 10.2 Å². The number of rotatable bonds is 6. The van der Waals surface area contributed by atoms with E-state index in [-0.39, 0.29) is 28.6 Å². The first-order valence-electron chi connectivity index (χ1n) is 14.2. The molecule has 0 aromatic rings. The third kappa shape index (κ3) is 4.06. The molecule has 5 rings (SSSR count). The molecule has 3 nitrogen and oxygen atoms in total. The Morgan fingerprint density at radius 3 is 2.50 bits per heavy atom. The minimum Gasteiger partial charge on any atom is -0.396 e. The van der Waals surface area contributed by atoms with E-state index in [1.54, 1.807) is 0 Å². The van der Waals surface area contributed by atoms with Crippen molar-refractivity contribution in [3.63, 3.8) is 0 Å². The second-order valence-electron chi connectivity index (χ2n) is 13.5. The van der Waals surface area contributed by atoms with Gasteiger partial charge in [0, 0.05) is 30.5 Å². The Hall–Kier alpha value is 0.290. The molecule has 194 valence electrons. The van der Waals surface area contributed by atoms with Crippen molar-refractivity contribution in [1.82, 2.24) is 0 Å². The van der Waals surface area contributed by atoms with Gasteiger partial charge in [0.15, 0.2) is 0 Å². The first-order chi connectivity index (χ1) is 16.1. The molecule has 0 aromatic heterocycles. The smallest absolute Gasteiger partial charge is 0.136 e. The number of hydrogen-bond donors (Lipinski definition) is 2. The lowest BCUT2D eigenvalue weighted by molar-refractivity contribution is -0.124. The second-order valence-corrected chi connectivity index (χ2v) is 16.5. The molecule has 10 atom stereocenters. The summed E-state index contributed by atoms with van der Waals surface area (Å²) in [6, 6.07) is 0. The molecule has 0 radical (unpaired) electrons. The summed E-state index contributed by atoms with van der Waals surface area (Å²) >= 11 is 4.47. The highest BCUT2D eigenvalue weighted by molar-refractivity contribution is 8.21. The quantitative estimate of drug-likeness (QED) is 0.434. The fourth-order valence-corrected chi connectivity index (χ4v) is 14.1. The number of aliphatic hydroxyl groups excluding tert-OH is 2. The molecule has 5 heteroatoms. The fourth-order valence-electron chi connectivity index (χ4n) is 9.70. The molecule has 10 unspecified atom stereocenters. The molecule has 5 aliphatic rings.